The Balaban J connectivity index is 1.41. The van der Waals surface area contributed by atoms with E-state index in [-0.39, 0.29) is 18.5 Å². The summed E-state index contributed by atoms with van der Waals surface area (Å²) in [6.45, 7) is 4.79. The maximum atomic E-state index is 12.6. The van der Waals surface area contributed by atoms with Crippen LogP contribution in [-0.2, 0) is 24.4 Å². The molecule has 1 aliphatic heterocycles. The molecule has 1 atom stereocenters. The van der Waals surface area contributed by atoms with Gasteiger partial charge in [-0.3, -0.25) is 9.48 Å². The Labute approximate surface area is 165 Å². The summed E-state index contributed by atoms with van der Waals surface area (Å²) in [6, 6.07) is 16.6. The van der Waals surface area contributed by atoms with E-state index in [1.165, 1.54) is 5.56 Å². The number of rotatable bonds is 6. The second-order valence-electron chi connectivity index (χ2n) is 7.46. The van der Waals surface area contributed by atoms with Crippen molar-refractivity contribution < 1.29 is 9.53 Å². The fourth-order valence-electron chi connectivity index (χ4n) is 3.63. The van der Waals surface area contributed by atoms with E-state index in [0.717, 1.165) is 41.0 Å². The van der Waals surface area contributed by atoms with E-state index in [2.05, 4.69) is 35.5 Å². The summed E-state index contributed by atoms with van der Waals surface area (Å²) in [5, 5.41) is 7.54. The summed E-state index contributed by atoms with van der Waals surface area (Å²) in [4.78, 5) is 12.6. The number of carbonyl (C=O) groups excluding carboxylic acids is 1. The van der Waals surface area contributed by atoms with Crippen LogP contribution in [0.3, 0.4) is 0 Å². The van der Waals surface area contributed by atoms with Crippen LogP contribution in [-0.4, -0.2) is 21.7 Å². The number of nitrogens with zero attached hydrogens (tertiary/aromatic N) is 2. The maximum absolute atomic E-state index is 12.6. The molecule has 0 saturated heterocycles. The number of fused-ring (bicyclic) bond motifs is 3. The molecule has 144 valence electrons. The molecule has 3 aromatic rings. The van der Waals surface area contributed by atoms with Gasteiger partial charge in [0.2, 0.25) is 5.91 Å². The summed E-state index contributed by atoms with van der Waals surface area (Å²) in [5.74, 6) is 0.823. The van der Waals surface area contributed by atoms with Crippen molar-refractivity contribution in [1.29, 1.82) is 0 Å². The largest absolute Gasteiger partial charge is 0.488 e. The van der Waals surface area contributed by atoms with Crippen molar-refractivity contribution in [3.63, 3.8) is 0 Å². The molecule has 0 fully saturated rings. The molecule has 0 spiro atoms. The van der Waals surface area contributed by atoms with Crippen LogP contribution < -0.4 is 10.1 Å². The van der Waals surface area contributed by atoms with Crippen LogP contribution in [0.25, 0.3) is 11.3 Å². The van der Waals surface area contributed by atoms with E-state index in [0.29, 0.717) is 6.61 Å². The fourth-order valence-corrected chi connectivity index (χ4v) is 3.63. The third-order valence-corrected chi connectivity index (χ3v) is 5.10. The summed E-state index contributed by atoms with van der Waals surface area (Å²) in [6.07, 6.45) is 3.65. The normalized spacial score (nSPS) is 13.2. The molecule has 1 N–H and O–H groups in total. The zero-order valence-electron chi connectivity index (χ0n) is 16.3. The first kappa shape index (κ1) is 18.3. The quantitative estimate of drug-likeness (QED) is 0.711. The van der Waals surface area contributed by atoms with Crippen LogP contribution in [0.4, 0.5) is 0 Å². The van der Waals surface area contributed by atoms with E-state index in [4.69, 9.17) is 4.74 Å². The molecule has 28 heavy (non-hydrogen) atoms. The lowest BCUT2D eigenvalue weighted by atomic mass is 10.0. The van der Waals surface area contributed by atoms with E-state index in [9.17, 15) is 4.79 Å². The number of nitrogens with one attached hydrogen (secondary N) is 1. The summed E-state index contributed by atoms with van der Waals surface area (Å²) < 4.78 is 7.59. The van der Waals surface area contributed by atoms with E-state index < -0.39 is 0 Å². The first-order valence-corrected chi connectivity index (χ1v) is 9.72. The second-order valence-corrected chi connectivity index (χ2v) is 7.46. The molecular weight excluding hydrogens is 350 g/mol. The van der Waals surface area contributed by atoms with E-state index >= 15 is 0 Å². The molecule has 4 rings (SSSR count). The van der Waals surface area contributed by atoms with Gasteiger partial charge in [0.05, 0.1) is 11.9 Å². The molecule has 5 nitrogen and oxygen atoms in total. The van der Waals surface area contributed by atoms with E-state index in [1.54, 1.807) is 10.9 Å². The molecule has 0 bridgehead atoms. The average molecular weight is 375 g/mol. The highest BCUT2D eigenvalue weighted by molar-refractivity contribution is 5.78. The predicted octanol–water partition coefficient (Wildman–Crippen LogP) is 3.89. The summed E-state index contributed by atoms with van der Waals surface area (Å²) in [7, 11) is 0. The van der Waals surface area contributed by atoms with Crippen molar-refractivity contribution in [2.24, 2.45) is 0 Å². The Morgan fingerprint density at radius 2 is 2.07 bits per heavy atom. The maximum Gasteiger partial charge on any atom is 0.241 e. The molecular formula is C23H25N3O2. The second kappa shape index (κ2) is 7.89. The van der Waals surface area contributed by atoms with Crippen LogP contribution in [0.2, 0.25) is 0 Å². The van der Waals surface area contributed by atoms with Crippen LogP contribution in [0.1, 0.15) is 30.0 Å². The van der Waals surface area contributed by atoms with Crippen LogP contribution in [0, 0.1) is 6.92 Å². The standard InChI is InChI=1S/C23H25N3O2/c1-16-8-11-21-20(12-16)23-19(15-28-21)13-24-26(23)14-22(27)25-17(2)9-10-18-6-4-3-5-7-18/h3-8,11-13,17H,9-10,14-15H2,1-2H3,(H,25,27). The molecule has 1 aliphatic rings. The number of aryl methyl sites for hydroxylation is 2. The van der Waals surface area contributed by atoms with Crippen molar-refractivity contribution >= 4 is 5.91 Å². The third kappa shape index (κ3) is 3.93. The fraction of sp³-hybridized carbons (Fsp3) is 0.304. The summed E-state index contributed by atoms with van der Waals surface area (Å²) in [5.41, 5.74) is 5.45. The van der Waals surface area contributed by atoms with Gasteiger partial charge in [0.1, 0.15) is 18.9 Å². The minimum atomic E-state index is -0.0212. The highest BCUT2D eigenvalue weighted by Crippen LogP contribution is 2.37. The smallest absolute Gasteiger partial charge is 0.241 e. The van der Waals surface area contributed by atoms with Crippen LogP contribution in [0.15, 0.2) is 54.7 Å². The Bertz CT molecular complexity index is 979. The Morgan fingerprint density at radius 3 is 2.89 bits per heavy atom. The Hall–Kier alpha value is -3.08. The Morgan fingerprint density at radius 1 is 1.25 bits per heavy atom. The first-order valence-electron chi connectivity index (χ1n) is 9.72. The van der Waals surface area contributed by atoms with Gasteiger partial charge in [-0.2, -0.15) is 5.10 Å². The van der Waals surface area contributed by atoms with Crippen molar-refractivity contribution in [3.8, 4) is 17.0 Å². The van der Waals surface area contributed by atoms with Gasteiger partial charge in [-0.25, -0.2) is 0 Å². The lowest BCUT2D eigenvalue weighted by Gasteiger charge is -2.20. The van der Waals surface area contributed by atoms with Gasteiger partial charge in [0.25, 0.3) is 0 Å². The minimum absolute atomic E-state index is 0.0212. The lowest BCUT2D eigenvalue weighted by molar-refractivity contribution is -0.122. The summed E-state index contributed by atoms with van der Waals surface area (Å²) >= 11 is 0. The SMILES string of the molecule is Cc1ccc2c(c1)-c1c(cnn1CC(=O)NC(C)CCc1ccccc1)CO2. The van der Waals surface area contributed by atoms with Gasteiger partial charge in [-0.05, 0) is 44.4 Å². The zero-order chi connectivity index (χ0) is 19.5. The number of ether oxygens (including phenoxy) is 1. The zero-order valence-corrected chi connectivity index (χ0v) is 16.3. The average Bonchev–Trinajstić information content (AvgIpc) is 3.10. The molecule has 0 radical (unpaired) electrons. The number of carbonyl (C=O) groups is 1. The highest BCUT2D eigenvalue weighted by atomic mass is 16.5. The van der Waals surface area contributed by atoms with Gasteiger partial charge in [0.15, 0.2) is 0 Å². The molecule has 5 heteroatoms. The van der Waals surface area contributed by atoms with Crippen molar-refractivity contribution in [1.82, 2.24) is 15.1 Å². The van der Waals surface area contributed by atoms with Gasteiger partial charge in [0, 0.05) is 17.2 Å². The molecule has 1 unspecified atom stereocenters. The van der Waals surface area contributed by atoms with Gasteiger partial charge >= 0.3 is 0 Å². The van der Waals surface area contributed by atoms with Crippen molar-refractivity contribution in [2.75, 3.05) is 0 Å². The molecule has 2 aromatic carbocycles. The van der Waals surface area contributed by atoms with Crippen molar-refractivity contribution in [2.45, 2.75) is 45.9 Å². The molecule has 0 saturated carbocycles. The molecule has 1 amide bonds. The van der Waals surface area contributed by atoms with Gasteiger partial charge < -0.3 is 10.1 Å². The van der Waals surface area contributed by atoms with Gasteiger partial charge in [-0.15, -0.1) is 0 Å². The van der Waals surface area contributed by atoms with Crippen LogP contribution >= 0.6 is 0 Å². The molecule has 0 aliphatic carbocycles. The van der Waals surface area contributed by atoms with E-state index in [1.807, 2.05) is 37.3 Å². The van der Waals surface area contributed by atoms with Gasteiger partial charge in [-0.1, -0.05) is 42.0 Å². The number of amides is 1. The Kier molecular flexibility index (Phi) is 5.15. The van der Waals surface area contributed by atoms with Crippen molar-refractivity contribution in [3.05, 3.63) is 71.4 Å². The lowest BCUT2D eigenvalue weighted by Crippen LogP contribution is -2.35. The first-order chi connectivity index (χ1) is 13.6. The topological polar surface area (TPSA) is 56.2 Å². The number of aromatic nitrogens is 2. The molecule has 2 heterocycles. The monoisotopic (exact) mass is 375 g/mol. The third-order valence-electron chi connectivity index (χ3n) is 5.10. The number of hydrogen-bond acceptors (Lipinski definition) is 3. The van der Waals surface area contributed by atoms with Crippen LogP contribution in [0.5, 0.6) is 5.75 Å². The number of hydrogen-bond donors (Lipinski definition) is 1. The minimum Gasteiger partial charge on any atom is -0.488 e. The predicted molar refractivity (Wildman–Crippen MR) is 109 cm³/mol. The molecule has 1 aromatic heterocycles. The number of benzene rings is 2. The highest BCUT2D eigenvalue weighted by Gasteiger charge is 2.23.